The lowest BCUT2D eigenvalue weighted by Crippen LogP contribution is -2.00. The van der Waals surface area contributed by atoms with E-state index in [1.807, 2.05) is 62.4 Å². The van der Waals surface area contributed by atoms with Crippen LogP contribution in [0.5, 0.6) is 5.75 Å². The Hall–Kier alpha value is -3.86. The zero-order valence-corrected chi connectivity index (χ0v) is 16.8. The fourth-order valence-electron chi connectivity index (χ4n) is 3.20. The lowest BCUT2D eigenvalue weighted by molar-refractivity contribution is 0.0697. The number of rotatable bonds is 6. The molecule has 0 amide bonds. The van der Waals surface area contributed by atoms with Crippen LogP contribution in [0.25, 0.3) is 22.6 Å². The Morgan fingerprint density at radius 2 is 1.70 bits per heavy atom. The van der Waals surface area contributed by atoms with Gasteiger partial charge in [0.25, 0.3) is 0 Å². The van der Waals surface area contributed by atoms with E-state index in [9.17, 15) is 4.79 Å². The van der Waals surface area contributed by atoms with Gasteiger partial charge in [-0.25, -0.2) is 9.78 Å². The molecule has 0 aliphatic rings. The number of hydrogen-bond donors (Lipinski definition) is 1. The third kappa shape index (κ3) is 4.10. The normalized spacial score (nSPS) is 10.7. The van der Waals surface area contributed by atoms with Crippen LogP contribution in [0.2, 0.25) is 0 Å². The molecule has 3 aromatic carbocycles. The average Bonchev–Trinajstić information content (AvgIpc) is 3.14. The third-order valence-electron chi connectivity index (χ3n) is 4.86. The number of benzene rings is 3. The van der Waals surface area contributed by atoms with E-state index in [2.05, 4.69) is 4.98 Å². The van der Waals surface area contributed by atoms with Crippen LogP contribution in [-0.4, -0.2) is 16.1 Å². The number of aromatic carboxylic acids is 1. The number of ether oxygens (including phenoxy) is 1. The van der Waals surface area contributed by atoms with Crippen LogP contribution in [0.15, 0.2) is 77.2 Å². The molecule has 5 heteroatoms. The number of oxazole rings is 1. The van der Waals surface area contributed by atoms with E-state index in [1.165, 1.54) is 0 Å². The van der Waals surface area contributed by atoms with E-state index in [4.69, 9.17) is 14.3 Å². The maximum absolute atomic E-state index is 11.1. The van der Waals surface area contributed by atoms with Crippen molar-refractivity contribution in [1.82, 2.24) is 4.98 Å². The summed E-state index contributed by atoms with van der Waals surface area (Å²) in [6.45, 7) is 4.15. The Morgan fingerprint density at radius 1 is 0.967 bits per heavy atom. The number of nitrogens with zero attached hydrogens (tertiary/aromatic N) is 1. The first-order valence-electron chi connectivity index (χ1n) is 9.60. The van der Waals surface area contributed by atoms with Gasteiger partial charge >= 0.3 is 5.97 Å². The number of carboxylic acids is 1. The monoisotopic (exact) mass is 399 g/mol. The molecule has 1 aromatic heterocycles. The molecule has 1 N–H and O–H groups in total. The Balaban J connectivity index is 1.59. The zero-order valence-electron chi connectivity index (χ0n) is 16.8. The van der Waals surface area contributed by atoms with Gasteiger partial charge in [-0.05, 0) is 55.8 Å². The molecule has 0 saturated carbocycles. The highest BCUT2D eigenvalue weighted by molar-refractivity contribution is 5.88. The van der Waals surface area contributed by atoms with Crippen molar-refractivity contribution in [3.63, 3.8) is 0 Å². The Kier molecular flexibility index (Phi) is 5.35. The van der Waals surface area contributed by atoms with Crippen LogP contribution in [0.4, 0.5) is 0 Å². The van der Waals surface area contributed by atoms with Crippen molar-refractivity contribution >= 4 is 5.97 Å². The van der Waals surface area contributed by atoms with Gasteiger partial charge in [-0.2, -0.15) is 0 Å². The van der Waals surface area contributed by atoms with Gasteiger partial charge in [0.1, 0.15) is 23.8 Å². The second-order valence-electron chi connectivity index (χ2n) is 7.06. The largest absolute Gasteiger partial charge is 0.487 e. The van der Waals surface area contributed by atoms with Crippen molar-refractivity contribution in [2.45, 2.75) is 20.5 Å². The predicted octanol–water partition coefficient (Wildman–Crippen LogP) is 5.90. The van der Waals surface area contributed by atoms with Crippen molar-refractivity contribution in [3.05, 3.63) is 95.4 Å². The molecule has 0 bridgehead atoms. The first kappa shape index (κ1) is 19.5. The maximum atomic E-state index is 11.1. The van der Waals surface area contributed by atoms with Gasteiger partial charge in [0, 0.05) is 11.1 Å². The van der Waals surface area contributed by atoms with Crippen molar-refractivity contribution in [2.75, 3.05) is 0 Å². The molecular formula is C25H21NO4. The lowest BCUT2D eigenvalue weighted by atomic mass is 10.0. The first-order valence-corrected chi connectivity index (χ1v) is 9.60. The quantitative estimate of drug-likeness (QED) is 0.437. The SMILES string of the molecule is Cc1ccc(OCc2nc(-c3ccccc3)oc2C)c(-c2ccc(C(=O)O)cc2)c1. The zero-order chi connectivity index (χ0) is 21.1. The molecule has 4 rings (SSSR count). The van der Waals surface area contributed by atoms with Gasteiger partial charge in [-0.1, -0.05) is 42.0 Å². The van der Waals surface area contributed by atoms with Crippen molar-refractivity contribution in [1.29, 1.82) is 0 Å². The molecule has 0 spiro atoms. The molecule has 0 unspecified atom stereocenters. The molecule has 0 aliphatic carbocycles. The molecule has 30 heavy (non-hydrogen) atoms. The highest BCUT2D eigenvalue weighted by Gasteiger charge is 2.14. The fourth-order valence-corrected chi connectivity index (χ4v) is 3.20. The first-order chi connectivity index (χ1) is 14.5. The average molecular weight is 399 g/mol. The summed E-state index contributed by atoms with van der Waals surface area (Å²) in [5, 5.41) is 9.13. The molecule has 0 radical (unpaired) electrons. The summed E-state index contributed by atoms with van der Waals surface area (Å²) >= 11 is 0. The summed E-state index contributed by atoms with van der Waals surface area (Å²) in [4.78, 5) is 15.7. The van der Waals surface area contributed by atoms with Gasteiger partial charge in [-0.3, -0.25) is 0 Å². The summed E-state index contributed by atoms with van der Waals surface area (Å²) in [5.41, 5.74) is 4.78. The molecular weight excluding hydrogens is 378 g/mol. The van der Waals surface area contributed by atoms with E-state index < -0.39 is 5.97 Å². The minimum atomic E-state index is -0.946. The van der Waals surface area contributed by atoms with E-state index in [0.29, 0.717) is 17.4 Å². The molecule has 4 aromatic rings. The number of carboxylic acid groups (broad SMARTS) is 1. The van der Waals surface area contributed by atoms with E-state index in [0.717, 1.165) is 27.9 Å². The van der Waals surface area contributed by atoms with Crippen LogP contribution >= 0.6 is 0 Å². The van der Waals surface area contributed by atoms with Crippen molar-refractivity contribution in [2.24, 2.45) is 0 Å². The summed E-state index contributed by atoms with van der Waals surface area (Å²) in [6, 6.07) is 22.4. The Labute approximate surface area is 174 Å². The van der Waals surface area contributed by atoms with Crippen LogP contribution in [0, 0.1) is 13.8 Å². The van der Waals surface area contributed by atoms with Crippen LogP contribution in [0.1, 0.15) is 27.4 Å². The summed E-state index contributed by atoms with van der Waals surface area (Å²) in [7, 11) is 0. The van der Waals surface area contributed by atoms with Gasteiger partial charge < -0.3 is 14.3 Å². The summed E-state index contributed by atoms with van der Waals surface area (Å²) in [5.74, 6) is 1.04. The number of aryl methyl sites for hydroxylation is 2. The second-order valence-corrected chi connectivity index (χ2v) is 7.06. The lowest BCUT2D eigenvalue weighted by Gasteiger charge is -2.12. The minimum absolute atomic E-state index is 0.250. The molecule has 0 saturated heterocycles. The Bertz CT molecular complexity index is 1180. The molecule has 0 atom stereocenters. The summed E-state index contributed by atoms with van der Waals surface area (Å²) in [6.07, 6.45) is 0. The Morgan fingerprint density at radius 3 is 2.40 bits per heavy atom. The molecule has 5 nitrogen and oxygen atoms in total. The third-order valence-corrected chi connectivity index (χ3v) is 4.86. The fraction of sp³-hybridized carbons (Fsp3) is 0.120. The van der Waals surface area contributed by atoms with Crippen LogP contribution in [-0.2, 0) is 6.61 Å². The van der Waals surface area contributed by atoms with Crippen molar-refractivity contribution in [3.8, 4) is 28.3 Å². The number of carbonyl (C=O) groups is 1. The topological polar surface area (TPSA) is 72.6 Å². The van der Waals surface area contributed by atoms with Crippen LogP contribution < -0.4 is 4.74 Å². The van der Waals surface area contributed by atoms with Crippen LogP contribution in [0.3, 0.4) is 0 Å². The standard InChI is InChI=1S/C25H21NO4/c1-16-8-13-23(21(14-16)18-9-11-20(12-10-18)25(27)28)29-15-22-17(2)30-24(26-22)19-6-4-3-5-7-19/h3-14H,15H2,1-2H3,(H,27,28). The van der Waals surface area contributed by atoms with E-state index >= 15 is 0 Å². The predicted molar refractivity (Wildman–Crippen MR) is 115 cm³/mol. The van der Waals surface area contributed by atoms with Gasteiger partial charge in [0.15, 0.2) is 0 Å². The van der Waals surface area contributed by atoms with Gasteiger partial charge in [0.2, 0.25) is 5.89 Å². The molecule has 0 aliphatic heterocycles. The highest BCUT2D eigenvalue weighted by Crippen LogP contribution is 2.32. The molecule has 1 heterocycles. The maximum Gasteiger partial charge on any atom is 0.335 e. The van der Waals surface area contributed by atoms with Gasteiger partial charge in [0.05, 0.1) is 5.56 Å². The highest BCUT2D eigenvalue weighted by atomic mass is 16.5. The van der Waals surface area contributed by atoms with Gasteiger partial charge in [-0.15, -0.1) is 0 Å². The summed E-state index contributed by atoms with van der Waals surface area (Å²) < 4.78 is 11.9. The smallest absolute Gasteiger partial charge is 0.335 e. The van der Waals surface area contributed by atoms with E-state index in [1.54, 1.807) is 24.3 Å². The second kappa shape index (κ2) is 8.25. The minimum Gasteiger partial charge on any atom is -0.487 e. The molecule has 0 fully saturated rings. The van der Waals surface area contributed by atoms with E-state index in [-0.39, 0.29) is 12.2 Å². The number of aromatic nitrogens is 1. The van der Waals surface area contributed by atoms with Crippen molar-refractivity contribution < 1.29 is 19.1 Å². The number of hydrogen-bond acceptors (Lipinski definition) is 4. The molecule has 150 valence electrons.